The summed E-state index contributed by atoms with van der Waals surface area (Å²) in [6.07, 6.45) is 1.81. The van der Waals surface area contributed by atoms with Gasteiger partial charge in [0.2, 0.25) is 0 Å². The van der Waals surface area contributed by atoms with Gasteiger partial charge in [-0.1, -0.05) is 25.1 Å². The molecule has 2 aromatic rings. The Morgan fingerprint density at radius 1 is 0.962 bits per heavy atom. The number of hydrogen-bond donors (Lipinski definition) is 1. The summed E-state index contributed by atoms with van der Waals surface area (Å²) in [5.74, 6) is 0.908. The molecule has 0 amide bonds. The van der Waals surface area contributed by atoms with Crippen LogP contribution in [-0.2, 0) is 0 Å². The molecule has 5 heteroatoms. The van der Waals surface area contributed by atoms with E-state index >= 15 is 0 Å². The van der Waals surface area contributed by atoms with E-state index in [0.29, 0.717) is 0 Å². The summed E-state index contributed by atoms with van der Waals surface area (Å²) in [6, 6.07) is 17.9. The summed E-state index contributed by atoms with van der Waals surface area (Å²) in [5.41, 5.74) is 5.03. The van der Waals surface area contributed by atoms with E-state index in [0.717, 1.165) is 49.8 Å². The highest BCUT2D eigenvalue weighted by Crippen LogP contribution is 2.12. The molecule has 1 saturated heterocycles. The highest BCUT2D eigenvalue weighted by molar-refractivity contribution is 5.80. The summed E-state index contributed by atoms with van der Waals surface area (Å²) < 4.78 is 5.88. The zero-order valence-electron chi connectivity index (χ0n) is 15.5. The average Bonchev–Trinajstić information content (AvgIpc) is 2.70. The maximum absolute atomic E-state index is 5.88. The topological polar surface area (TPSA) is 40.1 Å². The fourth-order valence-electron chi connectivity index (χ4n) is 2.97. The van der Waals surface area contributed by atoms with Gasteiger partial charge < -0.3 is 9.64 Å². The van der Waals surface area contributed by atoms with Crippen LogP contribution in [0.1, 0.15) is 12.5 Å². The van der Waals surface area contributed by atoms with E-state index in [1.807, 2.05) is 60.8 Å². The number of nitrogens with one attached hydrogen (secondary N) is 1. The first-order valence-electron chi connectivity index (χ1n) is 9.35. The Kier molecular flexibility index (Phi) is 7.05. The fourth-order valence-corrected chi connectivity index (χ4v) is 2.97. The molecule has 0 aromatic heterocycles. The van der Waals surface area contributed by atoms with Crippen LogP contribution in [0.25, 0.3) is 0 Å². The molecule has 1 fully saturated rings. The van der Waals surface area contributed by atoms with E-state index in [9.17, 15) is 0 Å². The van der Waals surface area contributed by atoms with Crippen molar-refractivity contribution in [1.82, 2.24) is 9.80 Å². The first-order chi connectivity index (χ1) is 12.8. The molecule has 0 aliphatic carbocycles. The third-order valence-electron chi connectivity index (χ3n) is 4.65. The Morgan fingerprint density at radius 2 is 1.65 bits per heavy atom. The second-order valence-corrected chi connectivity index (χ2v) is 6.43. The molecule has 1 N–H and O–H groups in total. The van der Waals surface area contributed by atoms with Crippen molar-refractivity contribution in [2.24, 2.45) is 5.10 Å². The number of benzene rings is 2. The number of likely N-dealkylation sites (N-methyl/N-ethyl adjacent to an activating group) is 1. The standard InChI is InChI=1S/C21H28N4O/c1-2-24-12-14-25(15-13-24)16-17-26-21-10-8-19(9-11-21)18-22-23-20-6-4-3-5-7-20/h3-11,18,23H,2,12-17H2,1H3. The van der Waals surface area contributed by atoms with Gasteiger partial charge in [0.25, 0.3) is 0 Å². The summed E-state index contributed by atoms with van der Waals surface area (Å²) in [7, 11) is 0. The van der Waals surface area contributed by atoms with Crippen LogP contribution in [0, 0.1) is 0 Å². The van der Waals surface area contributed by atoms with Crippen LogP contribution in [0.2, 0.25) is 0 Å². The molecule has 0 spiro atoms. The van der Waals surface area contributed by atoms with Crippen molar-refractivity contribution in [3.63, 3.8) is 0 Å². The van der Waals surface area contributed by atoms with Gasteiger partial charge >= 0.3 is 0 Å². The number of nitrogens with zero attached hydrogens (tertiary/aromatic N) is 3. The number of piperazine rings is 1. The largest absolute Gasteiger partial charge is 0.492 e. The number of anilines is 1. The lowest BCUT2D eigenvalue weighted by molar-refractivity contribution is 0.121. The fraction of sp³-hybridized carbons (Fsp3) is 0.381. The number of ether oxygens (including phenoxy) is 1. The SMILES string of the molecule is CCN1CCN(CCOc2ccc(C=NNc3ccccc3)cc2)CC1. The molecule has 0 saturated carbocycles. The highest BCUT2D eigenvalue weighted by atomic mass is 16.5. The number of hydrazone groups is 1. The second kappa shape index (κ2) is 9.94. The monoisotopic (exact) mass is 352 g/mol. The number of rotatable bonds is 8. The maximum Gasteiger partial charge on any atom is 0.119 e. The first-order valence-corrected chi connectivity index (χ1v) is 9.35. The van der Waals surface area contributed by atoms with Gasteiger partial charge in [-0.2, -0.15) is 5.10 Å². The van der Waals surface area contributed by atoms with Crippen LogP contribution in [0.15, 0.2) is 59.7 Å². The summed E-state index contributed by atoms with van der Waals surface area (Å²) >= 11 is 0. The minimum Gasteiger partial charge on any atom is -0.492 e. The Balaban J connectivity index is 1.38. The normalized spacial score (nSPS) is 16.0. The predicted molar refractivity (Wildman–Crippen MR) is 108 cm³/mol. The minimum absolute atomic E-state index is 0.731. The number of para-hydroxylation sites is 1. The molecule has 0 atom stereocenters. The van der Waals surface area contributed by atoms with Crippen LogP contribution in [0.4, 0.5) is 5.69 Å². The van der Waals surface area contributed by atoms with Crippen LogP contribution in [0.3, 0.4) is 0 Å². The molecule has 3 rings (SSSR count). The van der Waals surface area contributed by atoms with E-state index in [1.165, 1.54) is 13.1 Å². The molecule has 138 valence electrons. The van der Waals surface area contributed by atoms with Gasteiger partial charge in [0.15, 0.2) is 0 Å². The van der Waals surface area contributed by atoms with Crippen LogP contribution in [0.5, 0.6) is 5.75 Å². The predicted octanol–water partition coefficient (Wildman–Crippen LogP) is 3.15. The minimum atomic E-state index is 0.731. The Labute approximate surface area is 156 Å². The molecule has 0 bridgehead atoms. The second-order valence-electron chi connectivity index (χ2n) is 6.43. The summed E-state index contributed by atoms with van der Waals surface area (Å²) in [4.78, 5) is 4.97. The quantitative estimate of drug-likeness (QED) is 0.585. The van der Waals surface area contributed by atoms with Gasteiger partial charge in [0.05, 0.1) is 11.9 Å². The van der Waals surface area contributed by atoms with Gasteiger partial charge in [-0.25, -0.2) is 0 Å². The van der Waals surface area contributed by atoms with Crippen molar-refractivity contribution in [2.45, 2.75) is 6.92 Å². The van der Waals surface area contributed by atoms with Crippen molar-refractivity contribution in [3.05, 3.63) is 60.2 Å². The molecule has 26 heavy (non-hydrogen) atoms. The van der Waals surface area contributed by atoms with E-state index in [4.69, 9.17) is 4.74 Å². The van der Waals surface area contributed by atoms with E-state index in [-0.39, 0.29) is 0 Å². The molecule has 0 radical (unpaired) electrons. The molecular formula is C21H28N4O. The smallest absolute Gasteiger partial charge is 0.119 e. The van der Waals surface area contributed by atoms with E-state index in [2.05, 4.69) is 27.3 Å². The summed E-state index contributed by atoms with van der Waals surface area (Å²) in [6.45, 7) is 9.72. The van der Waals surface area contributed by atoms with Gasteiger partial charge in [0.1, 0.15) is 12.4 Å². The maximum atomic E-state index is 5.88. The number of hydrogen-bond acceptors (Lipinski definition) is 5. The zero-order valence-corrected chi connectivity index (χ0v) is 15.5. The Bertz CT molecular complexity index is 664. The van der Waals surface area contributed by atoms with E-state index in [1.54, 1.807) is 0 Å². The lowest BCUT2D eigenvalue weighted by Gasteiger charge is -2.33. The third kappa shape index (κ3) is 5.86. The van der Waals surface area contributed by atoms with Crippen molar-refractivity contribution in [2.75, 3.05) is 51.3 Å². The molecule has 0 unspecified atom stereocenters. The van der Waals surface area contributed by atoms with Crippen molar-refractivity contribution in [1.29, 1.82) is 0 Å². The van der Waals surface area contributed by atoms with Crippen LogP contribution < -0.4 is 10.2 Å². The Hall–Kier alpha value is -2.37. The van der Waals surface area contributed by atoms with Crippen molar-refractivity contribution >= 4 is 11.9 Å². The van der Waals surface area contributed by atoms with Crippen LogP contribution in [-0.4, -0.2) is 61.9 Å². The first kappa shape index (κ1) is 18.4. The zero-order chi connectivity index (χ0) is 18.0. The molecule has 1 heterocycles. The highest BCUT2D eigenvalue weighted by Gasteiger charge is 2.14. The lowest BCUT2D eigenvalue weighted by atomic mass is 10.2. The molecule has 2 aromatic carbocycles. The molecular weight excluding hydrogens is 324 g/mol. The van der Waals surface area contributed by atoms with Gasteiger partial charge in [0, 0.05) is 32.7 Å². The van der Waals surface area contributed by atoms with Gasteiger partial charge in [-0.3, -0.25) is 10.3 Å². The average molecular weight is 352 g/mol. The van der Waals surface area contributed by atoms with E-state index < -0.39 is 0 Å². The lowest BCUT2D eigenvalue weighted by Crippen LogP contribution is -2.47. The molecule has 1 aliphatic rings. The van der Waals surface area contributed by atoms with Gasteiger partial charge in [-0.15, -0.1) is 0 Å². The third-order valence-corrected chi connectivity index (χ3v) is 4.65. The van der Waals surface area contributed by atoms with Crippen molar-refractivity contribution < 1.29 is 4.74 Å². The Morgan fingerprint density at radius 3 is 2.35 bits per heavy atom. The van der Waals surface area contributed by atoms with Crippen molar-refractivity contribution in [3.8, 4) is 5.75 Å². The summed E-state index contributed by atoms with van der Waals surface area (Å²) in [5, 5.41) is 4.25. The van der Waals surface area contributed by atoms with Crippen LogP contribution >= 0.6 is 0 Å². The molecule has 1 aliphatic heterocycles. The van der Waals surface area contributed by atoms with Gasteiger partial charge in [-0.05, 0) is 48.5 Å². The molecule has 5 nitrogen and oxygen atoms in total.